The maximum Gasteiger partial charge on any atom is 0.438 e. The molecule has 0 bridgehead atoms. The first-order chi connectivity index (χ1) is 6.60. The van der Waals surface area contributed by atoms with Crippen molar-refractivity contribution in [1.82, 2.24) is 4.90 Å². The Bertz CT molecular complexity index is 376. The van der Waals surface area contributed by atoms with Crippen LogP contribution in [0.1, 0.15) is 0 Å². The minimum Gasteiger partial charge on any atom is -0.497 e. The molecule has 0 aliphatic carbocycles. The van der Waals surface area contributed by atoms with Gasteiger partial charge in [0.05, 0.1) is 7.11 Å². The smallest absolute Gasteiger partial charge is 0.438 e. The van der Waals surface area contributed by atoms with Gasteiger partial charge in [-0.3, -0.25) is 4.79 Å². The number of rotatable bonds is 1. The Labute approximate surface area is 80.3 Å². The third kappa shape index (κ3) is 1.67. The molecule has 7 heteroatoms. The highest BCUT2D eigenvalue weighted by atomic mass is 16.5. The molecule has 0 N–H and O–H groups in total. The lowest BCUT2D eigenvalue weighted by atomic mass is 10.3. The first-order valence-corrected chi connectivity index (χ1v) is 3.75. The van der Waals surface area contributed by atoms with E-state index in [-0.39, 0.29) is 17.6 Å². The van der Waals surface area contributed by atoms with Crippen LogP contribution < -0.4 is 0 Å². The van der Waals surface area contributed by atoms with E-state index in [1.165, 1.54) is 12.0 Å². The van der Waals surface area contributed by atoms with E-state index in [0.717, 1.165) is 0 Å². The third-order valence-electron chi connectivity index (χ3n) is 1.51. The minimum absolute atomic E-state index is 0.00278. The van der Waals surface area contributed by atoms with Gasteiger partial charge >= 0.3 is 11.9 Å². The number of nitrogens with zero attached hydrogens (tertiary/aromatic N) is 5. The van der Waals surface area contributed by atoms with Crippen molar-refractivity contribution in [3.8, 4) is 0 Å². The van der Waals surface area contributed by atoms with E-state index in [1.54, 1.807) is 14.1 Å². The largest absolute Gasteiger partial charge is 0.497 e. The van der Waals surface area contributed by atoms with E-state index in [9.17, 15) is 4.79 Å². The molecule has 1 aliphatic rings. The zero-order valence-electron chi connectivity index (χ0n) is 8.05. The van der Waals surface area contributed by atoms with Gasteiger partial charge in [0.15, 0.2) is 0 Å². The molecule has 0 aromatic rings. The van der Waals surface area contributed by atoms with Gasteiger partial charge in [0.2, 0.25) is 5.71 Å². The zero-order valence-corrected chi connectivity index (χ0v) is 8.05. The van der Waals surface area contributed by atoms with Crippen molar-refractivity contribution in [2.24, 2.45) is 9.98 Å². The molecule has 74 valence electrons. The Morgan fingerprint density at radius 3 is 2.57 bits per heavy atom. The summed E-state index contributed by atoms with van der Waals surface area (Å²) in [6, 6.07) is 0.00278. The van der Waals surface area contributed by atoms with E-state index in [0.29, 0.717) is 0 Å². The SMILES string of the molecule is COC1=NC(=[N+]=[N-])C(C(=O)N(C)C)=N1. The molecule has 14 heavy (non-hydrogen) atoms. The van der Waals surface area contributed by atoms with E-state index in [2.05, 4.69) is 14.8 Å². The van der Waals surface area contributed by atoms with Crippen molar-refractivity contribution < 1.29 is 14.3 Å². The summed E-state index contributed by atoms with van der Waals surface area (Å²) in [6.07, 6.45) is 0. The van der Waals surface area contributed by atoms with Crippen LogP contribution in [-0.4, -0.2) is 54.4 Å². The maximum absolute atomic E-state index is 11.5. The van der Waals surface area contributed by atoms with E-state index >= 15 is 0 Å². The number of methoxy groups -OCH3 is 1. The molecule has 0 fully saturated rings. The number of aliphatic imine (C=N–C) groups is 2. The van der Waals surface area contributed by atoms with Crippen molar-refractivity contribution in [3.63, 3.8) is 0 Å². The summed E-state index contributed by atoms with van der Waals surface area (Å²) in [5.74, 6) is -0.533. The average Bonchev–Trinajstić information content (AvgIpc) is 2.59. The van der Waals surface area contributed by atoms with Crippen LogP contribution in [0.5, 0.6) is 0 Å². The quantitative estimate of drug-likeness (QED) is 0.403. The van der Waals surface area contributed by atoms with Gasteiger partial charge in [-0.1, -0.05) is 0 Å². The summed E-state index contributed by atoms with van der Waals surface area (Å²) in [4.78, 5) is 23.0. The molecular formula is C7H9N5O2. The van der Waals surface area contributed by atoms with Gasteiger partial charge in [-0.25, -0.2) is 0 Å². The van der Waals surface area contributed by atoms with E-state index < -0.39 is 5.91 Å². The van der Waals surface area contributed by atoms with Gasteiger partial charge in [0.1, 0.15) is 0 Å². The molecule has 1 rings (SSSR count). The van der Waals surface area contributed by atoms with Gasteiger partial charge in [-0.2, -0.15) is 4.99 Å². The number of amidine groups is 2. The second-order valence-electron chi connectivity index (χ2n) is 2.68. The molecule has 1 aliphatic heterocycles. The number of ether oxygens (including phenoxy) is 1. The number of hydrogen-bond acceptors (Lipinski definition) is 3. The summed E-state index contributed by atoms with van der Waals surface area (Å²) in [6.45, 7) is 0. The normalized spacial score (nSPS) is 14.4. The molecule has 1 heterocycles. The molecule has 0 aromatic heterocycles. The van der Waals surface area contributed by atoms with Crippen LogP contribution in [0, 0.1) is 0 Å². The van der Waals surface area contributed by atoms with Crippen molar-refractivity contribution in [3.05, 3.63) is 5.53 Å². The molecule has 0 aromatic carbocycles. The van der Waals surface area contributed by atoms with Crippen molar-refractivity contribution >= 4 is 23.5 Å². The molecule has 0 saturated carbocycles. The Morgan fingerprint density at radius 1 is 1.50 bits per heavy atom. The summed E-state index contributed by atoms with van der Waals surface area (Å²) >= 11 is 0. The van der Waals surface area contributed by atoms with Crippen LogP contribution >= 0.6 is 0 Å². The summed E-state index contributed by atoms with van der Waals surface area (Å²) in [7, 11) is 4.48. The van der Waals surface area contributed by atoms with Gasteiger partial charge in [-0.15, -0.1) is 0 Å². The summed E-state index contributed by atoms with van der Waals surface area (Å²) in [5.41, 5.74) is 8.52. The van der Waals surface area contributed by atoms with Gasteiger partial charge < -0.3 is 20.0 Å². The molecular weight excluding hydrogens is 186 g/mol. The van der Waals surface area contributed by atoms with Gasteiger partial charge in [-0.05, 0) is 0 Å². The third-order valence-corrected chi connectivity index (χ3v) is 1.51. The number of carbonyl (C=O) groups excluding carboxylic acids is 1. The van der Waals surface area contributed by atoms with Crippen LogP contribution in [0.15, 0.2) is 9.98 Å². The lowest BCUT2D eigenvalue weighted by Gasteiger charge is -2.05. The molecule has 0 unspecified atom stereocenters. The number of amides is 1. The molecule has 0 saturated heterocycles. The number of hydrogen-bond donors (Lipinski definition) is 0. The zero-order chi connectivity index (χ0) is 10.7. The second-order valence-corrected chi connectivity index (χ2v) is 2.68. The molecule has 1 amide bonds. The lowest BCUT2D eigenvalue weighted by Crippen LogP contribution is -2.33. The predicted octanol–water partition coefficient (Wildman–Crippen LogP) is -0.840. The predicted molar refractivity (Wildman–Crippen MR) is 49.2 cm³/mol. The second kappa shape index (κ2) is 3.80. The minimum atomic E-state index is -0.395. The van der Waals surface area contributed by atoms with Crippen molar-refractivity contribution in [2.45, 2.75) is 0 Å². The molecule has 0 atom stereocenters. The molecule has 7 nitrogen and oxygen atoms in total. The Kier molecular flexibility index (Phi) is 2.73. The fraction of sp³-hybridized carbons (Fsp3) is 0.429. The van der Waals surface area contributed by atoms with Crippen LogP contribution in [0.4, 0.5) is 0 Å². The highest BCUT2D eigenvalue weighted by Crippen LogP contribution is 2.01. The molecule has 0 radical (unpaired) electrons. The highest BCUT2D eigenvalue weighted by Gasteiger charge is 2.35. The van der Waals surface area contributed by atoms with Crippen LogP contribution in [-0.2, 0) is 9.53 Å². The fourth-order valence-corrected chi connectivity index (χ4v) is 0.830. The van der Waals surface area contributed by atoms with Gasteiger partial charge in [0.25, 0.3) is 5.91 Å². The topological polar surface area (TPSA) is 90.7 Å². The Morgan fingerprint density at radius 2 is 2.14 bits per heavy atom. The number of carbonyl (C=O) groups is 1. The summed E-state index contributed by atoms with van der Waals surface area (Å²) < 4.78 is 4.70. The summed E-state index contributed by atoms with van der Waals surface area (Å²) in [5, 5.41) is 0. The fourth-order valence-electron chi connectivity index (χ4n) is 0.830. The van der Waals surface area contributed by atoms with Crippen LogP contribution in [0.3, 0.4) is 0 Å². The van der Waals surface area contributed by atoms with E-state index in [4.69, 9.17) is 10.3 Å². The Hall–Kier alpha value is -2.01. The monoisotopic (exact) mass is 195 g/mol. The lowest BCUT2D eigenvalue weighted by molar-refractivity contribution is -0.121. The van der Waals surface area contributed by atoms with Crippen molar-refractivity contribution in [1.29, 1.82) is 0 Å². The Balaban J connectivity index is 3.04. The standard InChI is InChI=1S/C7H9N5O2/c1-12(2)6(13)4-5(11-8)10-7(9-4)14-3/h1-3H3. The highest BCUT2D eigenvalue weighted by molar-refractivity contribution is 6.68. The van der Waals surface area contributed by atoms with Crippen LogP contribution in [0.25, 0.3) is 5.53 Å². The van der Waals surface area contributed by atoms with Crippen LogP contribution in [0.2, 0.25) is 0 Å². The van der Waals surface area contributed by atoms with E-state index in [1.807, 2.05) is 0 Å². The van der Waals surface area contributed by atoms with Gasteiger partial charge in [0, 0.05) is 19.1 Å². The average molecular weight is 195 g/mol. The van der Waals surface area contributed by atoms with Crippen molar-refractivity contribution in [2.75, 3.05) is 21.2 Å². The first-order valence-electron chi connectivity index (χ1n) is 3.75. The maximum atomic E-state index is 11.5. The first kappa shape index (κ1) is 10.1. The molecule has 0 spiro atoms.